The average Bonchev–Trinajstić information content (AvgIpc) is 2.29. The van der Waals surface area contributed by atoms with Gasteiger partial charge in [-0.15, -0.1) is 0 Å². The number of nitrogens with zero attached hydrogens (tertiary/aromatic N) is 1. The monoisotopic (exact) mass is 282 g/mol. The summed E-state index contributed by atoms with van der Waals surface area (Å²) in [4.78, 5) is 11.5. The van der Waals surface area contributed by atoms with Crippen molar-refractivity contribution in [2.45, 2.75) is 13.8 Å². The third-order valence-corrected chi connectivity index (χ3v) is 3.54. The van der Waals surface area contributed by atoms with Crippen molar-refractivity contribution < 1.29 is 14.3 Å². The fourth-order valence-corrected chi connectivity index (χ4v) is 2.87. The predicted octanol–water partition coefficient (Wildman–Crippen LogP) is 1.14. The van der Waals surface area contributed by atoms with E-state index in [2.05, 4.69) is 13.8 Å². The fourth-order valence-electron chi connectivity index (χ4n) is 0.967. The van der Waals surface area contributed by atoms with Gasteiger partial charge in [0.05, 0.1) is 13.2 Å². The third kappa shape index (κ3) is 10.9. The Balaban J connectivity index is 3.59. The molecule has 0 atom stereocenters. The SMILES string of the molecule is CCSN(CC(=O)OCCOCCN)SCC. The molecule has 0 rings (SSSR count). The molecule has 0 radical (unpaired) electrons. The van der Waals surface area contributed by atoms with Crippen LogP contribution in [0.1, 0.15) is 13.8 Å². The lowest BCUT2D eigenvalue weighted by molar-refractivity contribution is -0.144. The number of rotatable bonds is 11. The summed E-state index contributed by atoms with van der Waals surface area (Å²) < 4.78 is 12.1. The van der Waals surface area contributed by atoms with Gasteiger partial charge in [0, 0.05) is 18.1 Å². The summed E-state index contributed by atoms with van der Waals surface area (Å²) in [6, 6.07) is 0. The zero-order chi connectivity index (χ0) is 12.9. The molecule has 0 aromatic rings. The van der Waals surface area contributed by atoms with Crippen LogP contribution < -0.4 is 5.73 Å². The Kier molecular flexibility index (Phi) is 12.5. The molecule has 0 saturated heterocycles. The van der Waals surface area contributed by atoms with E-state index in [0.717, 1.165) is 11.5 Å². The second-order valence-electron chi connectivity index (χ2n) is 2.95. The summed E-state index contributed by atoms with van der Waals surface area (Å²) in [5, 5.41) is 0. The van der Waals surface area contributed by atoms with Gasteiger partial charge in [0.1, 0.15) is 13.2 Å². The Morgan fingerprint density at radius 3 is 2.35 bits per heavy atom. The molecule has 0 unspecified atom stereocenters. The number of carbonyl (C=O) groups excluding carboxylic acids is 1. The summed E-state index contributed by atoms with van der Waals surface area (Å²) in [7, 11) is 0. The molecule has 17 heavy (non-hydrogen) atoms. The lowest BCUT2D eigenvalue weighted by Crippen LogP contribution is -2.22. The Hall–Kier alpha value is 0.0500. The maximum atomic E-state index is 11.5. The molecular formula is C10H22N2O3S2. The van der Waals surface area contributed by atoms with Gasteiger partial charge in [-0.25, -0.2) is 0 Å². The molecule has 2 N–H and O–H groups in total. The van der Waals surface area contributed by atoms with Gasteiger partial charge in [0.25, 0.3) is 0 Å². The molecule has 0 aliphatic rings. The first-order valence-corrected chi connectivity index (χ1v) is 7.59. The Morgan fingerprint density at radius 1 is 1.18 bits per heavy atom. The zero-order valence-electron chi connectivity index (χ0n) is 10.5. The fraction of sp³-hybridized carbons (Fsp3) is 0.900. The standard InChI is InChI=1S/C10H22N2O3S2/c1-3-16-12(17-4-2)9-10(13)15-8-7-14-6-5-11/h3-9,11H2,1-2H3. The first kappa shape index (κ1) is 17.1. The van der Waals surface area contributed by atoms with Crippen LogP contribution in [0.15, 0.2) is 0 Å². The number of nitrogens with two attached hydrogens (primary N) is 1. The van der Waals surface area contributed by atoms with Gasteiger partial charge in [-0.05, 0) is 0 Å². The molecule has 0 fully saturated rings. The van der Waals surface area contributed by atoms with E-state index in [0.29, 0.717) is 32.9 Å². The zero-order valence-corrected chi connectivity index (χ0v) is 12.1. The highest BCUT2D eigenvalue weighted by Gasteiger charge is 2.11. The maximum Gasteiger partial charge on any atom is 0.322 e. The largest absolute Gasteiger partial charge is 0.462 e. The summed E-state index contributed by atoms with van der Waals surface area (Å²) in [6.07, 6.45) is 0. The molecule has 0 aromatic heterocycles. The van der Waals surface area contributed by atoms with Crippen molar-refractivity contribution in [2.24, 2.45) is 5.73 Å². The molecule has 0 aliphatic heterocycles. The van der Waals surface area contributed by atoms with Gasteiger partial charge in [0.2, 0.25) is 0 Å². The van der Waals surface area contributed by atoms with Crippen molar-refractivity contribution in [3.05, 3.63) is 0 Å². The van der Waals surface area contributed by atoms with E-state index in [-0.39, 0.29) is 5.97 Å². The first-order valence-electron chi connectivity index (χ1n) is 5.71. The van der Waals surface area contributed by atoms with Crippen LogP contribution >= 0.6 is 23.9 Å². The van der Waals surface area contributed by atoms with Gasteiger partial charge in [0.15, 0.2) is 0 Å². The van der Waals surface area contributed by atoms with Crippen LogP contribution in [0.25, 0.3) is 0 Å². The van der Waals surface area contributed by atoms with Crippen LogP contribution in [-0.2, 0) is 14.3 Å². The van der Waals surface area contributed by atoms with Crippen molar-refractivity contribution in [2.75, 3.05) is 44.4 Å². The molecule has 0 amide bonds. The average molecular weight is 282 g/mol. The van der Waals surface area contributed by atoms with Crippen molar-refractivity contribution in [1.82, 2.24) is 3.71 Å². The molecule has 102 valence electrons. The number of hydrogen-bond donors (Lipinski definition) is 1. The molecule has 0 aliphatic carbocycles. The Labute approximate surface area is 112 Å². The predicted molar refractivity (Wildman–Crippen MR) is 73.8 cm³/mol. The number of carbonyl (C=O) groups is 1. The van der Waals surface area contributed by atoms with Crippen LogP contribution in [0.5, 0.6) is 0 Å². The minimum absolute atomic E-state index is 0.219. The van der Waals surface area contributed by atoms with Crippen molar-refractivity contribution in [3.8, 4) is 0 Å². The normalized spacial score (nSPS) is 10.8. The molecule has 7 heteroatoms. The van der Waals surface area contributed by atoms with Gasteiger partial charge in [-0.3, -0.25) is 4.79 Å². The summed E-state index contributed by atoms with van der Waals surface area (Å²) in [5.41, 5.74) is 5.26. The molecule has 0 spiro atoms. The molecule has 0 aromatic carbocycles. The lowest BCUT2D eigenvalue weighted by atomic mass is 10.6. The first-order chi connectivity index (χ1) is 8.24. The van der Waals surface area contributed by atoms with Gasteiger partial charge in [-0.2, -0.15) is 3.71 Å². The second kappa shape index (κ2) is 12.5. The quantitative estimate of drug-likeness (QED) is 0.346. The van der Waals surface area contributed by atoms with E-state index in [1.54, 1.807) is 23.9 Å². The van der Waals surface area contributed by atoms with Gasteiger partial charge < -0.3 is 15.2 Å². The Morgan fingerprint density at radius 2 is 1.82 bits per heavy atom. The highest BCUT2D eigenvalue weighted by Crippen LogP contribution is 2.20. The highest BCUT2D eigenvalue weighted by molar-refractivity contribution is 8.12. The van der Waals surface area contributed by atoms with Crippen molar-refractivity contribution in [1.29, 1.82) is 0 Å². The topological polar surface area (TPSA) is 64.8 Å². The second-order valence-corrected chi connectivity index (χ2v) is 5.73. The molecule has 0 bridgehead atoms. The van der Waals surface area contributed by atoms with E-state index in [1.807, 2.05) is 3.71 Å². The third-order valence-electron chi connectivity index (χ3n) is 1.56. The lowest BCUT2D eigenvalue weighted by Gasteiger charge is -2.17. The van der Waals surface area contributed by atoms with Gasteiger partial charge >= 0.3 is 5.97 Å². The van der Waals surface area contributed by atoms with E-state index < -0.39 is 0 Å². The molecule has 0 saturated carbocycles. The highest BCUT2D eigenvalue weighted by atomic mass is 32.2. The van der Waals surface area contributed by atoms with E-state index in [4.69, 9.17) is 15.2 Å². The minimum Gasteiger partial charge on any atom is -0.462 e. The number of ether oxygens (including phenoxy) is 2. The number of hydrogen-bond acceptors (Lipinski definition) is 7. The van der Waals surface area contributed by atoms with Crippen molar-refractivity contribution in [3.63, 3.8) is 0 Å². The van der Waals surface area contributed by atoms with Gasteiger partial charge in [-0.1, -0.05) is 37.7 Å². The summed E-state index contributed by atoms with van der Waals surface area (Å²) in [5.74, 6) is 1.67. The van der Waals surface area contributed by atoms with Crippen LogP contribution in [0.4, 0.5) is 0 Å². The smallest absolute Gasteiger partial charge is 0.322 e. The summed E-state index contributed by atoms with van der Waals surface area (Å²) >= 11 is 3.25. The Bertz CT molecular complexity index is 190. The molecular weight excluding hydrogens is 260 g/mol. The van der Waals surface area contributed by atoms with E-state index >= 15 is 0 Å². The van der Waals surface area contributed by atoms with Crippen LogP contribution in [0.2, 0.25) is 0 Å². The van der Waals surface area contributed by atoms with Crippen LogP contribution in [0.3, 0.4) is 0 Å². The molecule has 0 heterocycles. The van der Waals surface area contributed by atoms with Crippen LogP contribution in [-0.4, -0.2) is 54.1 Å². The number of esters is 1. The maximum absolute atomic E-state index is 11.5. The minimum atomic E-state index is -0.219. The summed E-state index contributed by atoms with van der Waals surface area (Å²) in [6.45, 7) is 6.10. The van der Waals surface area contributed by atoms with E-state index in [1.165, 1.54) is 0 Å². The van der Waals surface area contributed by atoms with E-state index in [9.17, 15) is 4.79 Å². The molecule has 5 nitrogen and oxygen atoms in total. The van der Waals surface area contributed by atoms with Crippen molar-refractivity contribution >= 4 is 29.9 Å². The van der Waals surface area contributed by atoms with Crippen LogP contribution in [0, 0.1) is 0 Å².